The molecule has 0 aliphatic heterocycles. The van der Waals surface area contributed by atoms with Crippen LogP contribution in [0.4, 0.5) is 10.1 Å². The van der Waals surface area contributed by atoms with Crippen molar-refractivity contribution in [2.45, 2.75) is 26.2 Å². The number of anilines is 1. The molecule has 1 amide bonds. The summed E-state index contributed by atoms with van der Waals surface area (Å²) in [4.78, 5) is 22.7. The summed E-state index contributed by atoms with van der Waals surface area (Å²) in [5.74, 6) is -1.36. The zero-order valence-electron chi connectivity index (χ0n) is 13.9. The summed E-state index contributed by atoms with van der Waals surface area (Å²) in [6, 6.07) is 11.2. The Morgan fingerprint density at radius 3 is 2.64 bits per heavy atom. The molecule has 5 nitrogen and oxygen atoms in total. The molecule has 132 valence electrons. The molecule has 0 fully saturated rings. The standard InChI is InChI=1S/C19H20FNO4/c1-2-8-25-16-5-3-4-13(9-16)10-18(22)21-15-7-6-14(11-19(23)24)17(20)12-15/h3-7,9,12H,2,8,10-11H2,1H3,(H,21,22)(H,23,24). The van der Waals surface area contributed by atoms with Crippen LogP contribution in [-0.2, 0) is 22.4 Å². The molecule has 2 aromatic rings. The van der Waals surface area contributed by atoms with Crippen LogP contribution in [-0.4, -0.2) is 23.6 Å². The van der Waals surface area contributed by atoms with Crippen molar-refractivity contribution in [2.75, 3.05) is 11.9 Å². The van der Waals surface area contributed by atoms with Crippen molar-refractivity contribution >= 4 is 17.6 Å². The highest BCUT2D eigenvalue weighted by atomic mass is 19.1. The fraction of sp³-hybridized carbons (Fsp3) is 0.263. The molecule has 0 unspecified atom stereocenters. The monoisotopic (exact) mass is 345 g/mol. The molecule has 25 heavy (non-hydrogen) atoms. The minimum Gasteiger partial charge on any atom is -0.494 e. The zero-order chi connectivity index (χ0) is 18.2. The van der Waals surface area contributed by atoms with Gasteiger partial charge in [0.1, 0.15) is 11.6 Å². The number of amides is 1. The van der Waals surface area contributed by atoms with Gasteiger partial charge in [-0.15, -0.1) is 0 Å². The minimum atomic E-state index is -1.11. The maximum atomic E-state index is 13.8. The van der Waals surface area contributed by atoms with Crippen molar-refractivity contribution in [2.24, 2.45) is 0 Å². The highest BCUT2D eigenvalue weighted by Gasteiger charge is 2.10. The van der Waals surface area contributed by atoms with E-state index in [-0.39, 0.29) is 23.6 Å². The second kappa shape index (κ2) is 8.82. The van der Waals surface area contributed by atoms with Crippen LogP contribution in [0.2, 0.25) is 0 Å². The SMILES string of the molecule is CCCOc1cccc(CC(=O)Nc2ccc(CC(=O)O)c(F)c2)c1. The first kappa shape index (κ1) is 18.4. The van der Waals surface area contributed by atoms with E-state index < -0.39 is 18.2 Å². The molecule has 2 N–H and O–H groups in total. The van der Waals surface area contributed by atoms with Gasteiger partial charge in [-0.3, -0.25) is 9.59 Å². The summed E-state index contributed by atoms with van der Waals surface area (Å²) in [7, 11) is 0. The number of carbonyl (C=O) groups excluding carboxylic acids is 1. The Morgan fingerprint density at radius 1 is 1.16 bits per heavy atom. The Bertz CT molecular complexity index is 761. The number of halogens is 1. The lowest BCUT2D eigenvalue weighted by molar-refractivity contribution is -0.136. The first-order valence-electron chi connectivity index (χ1n) is 7.99. The van der Waals surface area contributed by atoms with Gasteiger partial charge >= 0.3 is 5.97 Å². The van der Waals surface area contributed by atoms with E-state index in [1.54, 1.807) is 6.07 Å². The maximum absolute atomic E-state index is 13.8. The third-order valence-corrected chi connectivity index (χ3v) is 3.41. The van der Waals surface area contributed by atoms with Crippen LogP contribution in [0.25, 0.3) is 0 Å². The van der Waals surface area contributed by atoms with Gasteiger partial charge in [0.15, 0.2) is 0 Å². The average Bonchev–Trinajstić information content (AvgIpc) is 2.55. The second-order valence-corrected chi connectivity index (χ2v) is 5.60. The molecular formula is C19H20FNO4. The Kier molecular flexibility index (Phi) is 6.51. The van der Waals surface area contributed by atoms with Crippen molar-refractivity contribution in [1.29, 1.82) is 0 Å². The average molecular weight is 345 g/mol. The number of nitrogens with one attached hydrogen (secondary N) is 1. The number of ether oxygens (including phenoxy) is 1. The Morgan fingerprint density at radius 2 is 1.96 bits per heavy atom. The van der Waals surface area contributed by atoms with Crippen LogP contribution in [0.3, 0.4) is 0 Å². The summed E-state index contributed by atoms with van der Waals surface area (Å²) < 4.78 is 19.4. The van der Waals surface area contributed by atoms with Crippen LogP contribution >= 0.6 is 0 Å². The molecule has 0 heterocycles. The number of carbonyl (C=O) groups is 2. The zero-order valence-corrected chi connectivity index (χ0v) is 13.9. The molecule has 0 spiro atoms. The smallest absolute Gasteiger partial charge is 0.307 e. The van der Waals surface area contributed by atoms with Crippen molar-refractivity contribution in [3.8, 4) is 5.75 Å². The number of benzene rings is 2. The molecular weight excluding hydrogens is 325 g/mol. The van der Waals surface area contributed by atoms with Gasteiger partial charge < -0.3 is 15.2 Å². The summed E-state index contributed by atoms with van der Waals surface area (Å²) in [5, 5.41) is 11.3. The third kappa shape index (κ3) is 5.91. The van der Waals surface area contributed by atoms with Gasteiger partial charge in [0.05, 0.1) is 19.4 Å². The number of carboxylic acid groups (broad SMARTS) is 1. The van der Waals surface area contributed by atoms with E-state index in [0.29, 0.717) is 12.4 Å². The van der Waals surface area contributed by atoms with Gasteiger partial charge in [-0.1, -0.05) is 25.1 Å². The first-order valence-corrected chi connectivity index (χ1v) is 7.99. The molecule has 0 atom stereocenters. The van der Waals surface area contributed by atoms with E-state index in [1.165, 1.54) is 12.1 Å². The van der Waals surface area contributed by atoms with E-state index >= 15 is 0 Å². The third-order valence-electron chi connectivity index (χ3n) is 3.41. The predicted molar refractivity (Wildman–Crippen MR) is 92.3 cm³/mol. The number of carboxylic acids is 1. The maximum Gasteiger partial charge on any atom is 0.307 e. The minimum absolute atomic E-state index is 0.0753. The van der Waals surface area contributed by atoms with Crippen molar-refractivity contribution in [1.82, 2.24) is 0 Å². The van der Waals surface area contributed by atoms with Crippen molar-refractivity contribution in [3.05, 3.63) is 59.4 Å². The Labute approximate surface area is 145 Å². The lowest BCUT2D eigenvalue weighted by Gasteiger charge is -2.09. The molecule has 0 saturated heterocycles. The number of aliphatic carboxylic acids is 1. The fourth-order valence-electron chi connectivity index (χ4n) is 2.29. The summed E-state index contributed by atoms with van der Waals surface area (Å²) in [5.41, 5.74) is 1.15. The second-order valence-electron chi connectivity index (χ2n) is 5.60. The van der Waals surface area contributed by atoms with E-state index in [2.05, 4.69) is 5.32 Å². The molecule has 6 heteroatoms. The highest BCUT2D eigenvalue weighted by Crippen LogP contribution is 2.17. The van der Waals surface area contributed by atoms with Gasteiger partial charge in [0.25, 0.3) is 0 Å². The topological polar surface area (TPSA) is 75.6 Å². The molecule has 0 aliphatic rings. The lowest BCUT2D eigenvalue weighted by Crippen LogP contribution is -2.15. The summed E-state index contributed by atoms with van der Waals surface area (Å²) >= 11 is 0. The number of hydrogen-bond donors (Lipinski definition) is 2. The van der Waals surface area contributed by atoms with Gasteiger partial charge in [0.2, 0.25) is 5.91 Å². The molecule has 0 aliphatic carbocycles. The van der Waals surface area contributed by atoms with Crippen LogP contribution in [0.5, 0.6) is 5.75 Å². The van der Waals surface area contributed by atoms with Gasteiger partial charge in [-0.2, -0.15) is 0 Å². The molecule has 0 radical (unpaired) electrons. The molecule has 0 aromatic heterocycles. The van der Waals surface area contributed by atoms with E-state index in [4.69, 9.17) is 9.84 Å². The van der Waals surface area contributed by atoms with E-state index in [0.717, 1.165) is 18.1 Å². The van der Waals surface area contributed by atoms with Gasteiger partial charge in [-0.05, 0) is 41.8 Å². The summed E-state index contributed by atoms with van der Waals surface area (Å²) in [6.45, 7) is 2.62. The van der Waals surface area contributed by atoms with Crippen molar-refractivity contribution in [3.63, 3.8) is 0 Å². The van der Waals surface area contributed by atoms with E-state index in [9.17, 15) is 14.0 Å². The normalized spacial score (nSPS) is 10.3. The van der Waals surface area contributed by atoms with Gasteiger partial charge in [0, 0.05) is 5.69 Å². The number of hydrogen-bond acceptors (Lipinski definition) is 3. The first-order chi connectivity index (χ1) is 12.0. The molecule has 0 bridgehead atoms. The predicted octanol–water partition coefficient (Wildman–Crippen LogP) is 3.42. The van der Waals surface area contributed by atoms with Crippen LogP contribution in [0.15, 0.2) is 42.5 Å². The van der Waals surface area contributed by atoms with Crippen LogP contribution in [0, 0.1) is 5.82 Å². The summed E-state index contributed by atoms with van der Waals surface area (Å²) in [6.07, 6.45) is 0.626. The van der Waals surface area contributed by atoms with Crippen LogP contribution < -0.4 is 10.1 Å². The Balaban J connectivity index is 1.98. The van der Waals surface area contributed by atoms with Gasteiger partial charge in [-0.25, -0.2) is 4.39 Å². The van der Waals surface area contributed by atoms with Crippen LogP contribution in [0.1, 0.15) is 24.5 Å². The fourth-order valence-corrected chi connectivity index (χ4v) is 2.29. The largest absolute Gasteiger partial charge is 0.494 e. The van der Waals surface area contributed by atoms with E-state index in [1.807, 2.05) is 25.1 Å². The molecule has 2 rings (SSSR count). The molecule has 0 saturated carbocycles. The quantitative estimate of drug-likeness (QED) is 0.769. The Hall–Kier alpha value is -2.89. The van der Waals surface area contributed by atoms with Crippen molar-refractivity contribution < 1.29 is 23.8 Å². The molecule has 2 aromatic carbocycles. The lowest BCUT2D eigenvalue weighted by atomic mass is 10.1. The number of rotatable bonds is 8. The highest BCUT2D eigenvalue weighted by molar-refractivity contribution is 5.92.